The van der Waals surface area contributed by atoms with Gasteiger partial charge in [-0.1, -0.05) is 11.6 Å². The molecular weight excluding hydrogens is 328 g/mol. The van der Waals surface area contributed by atoms with Crippen molar-refractivity contribution >= 4 is 33.3 Å². The summed E-state index contributed by atoms with van der Waals surface area (Å²) < 4.78 is 24.4. The Bertz CT molecular complexity index is 629. The van der Waals surface area contributed by atoms with Gasteiger partial charge in [-0.3, -0.25) is 9.59 Å². The lowest BCUT2D eigenvalue weighted by molar-refractivity contribution is -0.133. The van der Waals surface area contributed by atoms with Crippen LogP contribution in [0.15, 0.2) is 29.2 Å². The SMILES string of the molecule is CCNC(=O)CN(CC)C(=O)CS(=O)(=O)c1ccc(Cl)cc1. The number of benzene rings is 1. The normalized spacial score (nSPS) is 11.0. The van der Waals surface area contributed by atoms with Crippen LogP contribution in [-0.2, 0) is 19.4 Å². The Kier molecular flexibility index (Phi) is 6.83. The molecule has 1 rings (SSSR count). The van der Waals surface area contributed by atoms with E-state index in [4.69, 9.17) is 11.6 Å². The number of carbonyl (C=O) groups is 2. The number of nitrogens with zero attached hydrogens (tertiary/aromatic N) is 1. The first-order valence-electron chi connectivity index (χ1n) is 6.83. The van der Waals surface area contributed by atoms with Gasteiger partial charge in [0.1, 0.15) is 5.75 Å². The first-order valence-corrected chi connectivity index (χ1v) is 8.86. The average molecular weight is 347 g/mol. The molecule has 0 atom stereocenters. The van der Waals surface area contributed by atoms with Crippen LogP contribution < -0.4 is 5.32 Å². The van der Waals surface area contributed by atoms with Crippen LogP contribution in [0.2, 0.25) is 5.02 Å². The molecule has 0 radical (unpaired) electrons. The highest BCUT2D eigenvalue weighted by Crippen LogP contribution is 2.15. The van der Waals surface area contributed by atoms with E-state index in [1.165, 1.54) is 29.2 Å². The average Bonchev–Trinajstić information content (AvgIpc) is 2.45. The highest BCUT2D eigenvalue weighted by atomic mass is 35.5. The molecule has 0 aliphatic rings. The Morgan fingerprint density at radius 2 is 1.77 bits per heavy atom. The van der Waals surface area contributed by atoms with Gasteiger partial charge in [-0.25, -0.2) is 8.42 Å². The molecule has 122 valence electrons. The summed E-state index contributed by atoms with van der Waals surface area (Å²) in [6, 6.07) is 5.60. The number of hydrogen-bond donors (Lipinski definition) is 1. The van der Waals surface area contributed by atoms with Gasteiger partial charge in [-0.05, 0) is 38.1 Å². The summed E-state index contributed by atoms with van der Waals surface area (Å²) in [6.45, 7) is 4.01. The van der Waals surface area contributed by atoms with Crippen molar-refractivity contribution in [2.45, 2.75) is 18.7 Å². The third-order valence-corrected chi connectivity index (χ3v) is 4.80. The summed E-state index contributed by atoms with van der Waals surface area (Å²) in [4.78, 5) is 24.9. The molecule has 0 aliphatic carbocycles. The zero-order valence-corrected chi connectivity index (χ0v) is 14.1. The molecule has 2 amide bonds. The lowest BCUT2D eigenvalue weighted by atomic mass is 10.4. The van der Waals surface area contributed by atoms with Crippen LogP contribution in [0.3, 0.4) is 0 Å². The van der Waals surface area contributed by atoms with Crippen LogP contribution in [-0.4, -0.2) is 50.5 Å². The monoisotopic (exact) mass is 346 g/mol. The van der Waals surface area contributed by atoms with Gasteiger partial charge in [0.15, 0.2) is 9.84 Å². The minimum Gasteiger partial charge on any atom is -0.355 e. The Labute approximate surface area is 135 Å². The van der Waals surface area contributed by atoms with Crippen LogP contribution in [0.1, 0.15) is 13.8 Å². The second-order valence-electron chi connectivity index (χ2n) is 4.57. The third kappa shape index (κ3) is 5.31. The van der Waals surface area contributed by atoms with Gasteiger partial charge in [-0.2, -0.15) is 0 Å². The number of hydrogen-bond acceptors (Lipinski definition) is 4. The molecule has 22 heavy (non-hydrogen) atoms. The summed E-state index contributed by atoms with van der Waals surface area (Å²) in [5.74, 6) is -1.60. The van der Waals surface area contributed by atoms with Gasteiger partial charge in [0.05, 0.1) is 11.4 Å². The molecular formula is C14H19ClN2O4S. The van der Waals surface area contributed by atoms with Crippen molar-refractivity contribution in [1.29, 1.82) is 0 Å². The van der Waals surface area contributed by atoms with Crippen molar-refractivity contribution in [2.24, 2.45) is 0 Å². The van der Waals surface area contributed by atoms with E-state index < -0.39 is 21.5 Å². The smallest absolute Gasteiger partial charge is 0.239 e. The minimum absolute atomic E-state index is 0.0271. The number of likely N-dealkylation sites (N-methyl/N-ethyl adjacent to an activating group) is 2. The lowest BCUT2D eigenvalue weighted by Gasteiger charge is -2.20. The predicted molar refractivity (Wildman–Crippen MR) is 84.4 cm³/mol. The van der Waals surface area contributed by atoms with Crippen LogP contribution >= 0.6 is 11.6 Å². The van der Waals surface area contributed by atoms with Gasteiger partial charge >= 0.3 is 0 Å². The van der Waals surface area contributed by atoms with Crippen LogP contribution in [0.4, 0.5) is 0 Å². The first kappa shape index (κ1) is 18.4. The Hall–Kier alpha value is -1.60. The molecule has 0 unspecified atom stereocenters. The van der Waals surface area contributed by atoms with Gasteiger partial charge in [-0.15, -0.1) is 0 Å². The maximum atomic E-state index is 12.2. The lowest BCUT2D eigenvalue weighted by Crippen LogP contribution is -2.42. The molecule has 0 spiro atoms. The number of amides is 2. The summed E-state index contributed by atoms with van der Waals surface area (Å²) in [7, 11) is -3.76. The summed E-state index contributed by atoms with van der Waals surface area (Å²) in [5, 5.41) is 2.98. The Morgan fingerprint density at radius 1 is 1.18 bits per heavy atom. The maximum absolute atomic E-state index is 12.2. The van der Waals surface area contributed by atoms with Crippen molar-refractivity contribution in [3.63, 3.8) is 0 Å². The molecule has 0 fully saturated rings. The molecule has 1 N–H and O–H groups in total. The summed E-state index contributed by atoms with van der Waals surface area (Å²) in [5.41, 5.74) is 0. The summed E-state index contributed by atoms with van der Waals surface area (Å²) in [6.07, 6.45) is 0. The van der Waals surface area contributed by atoms with Gasteiger partial charge in [0.25, 0.3) is 0 Å². The molecule has 0 bridgehead atoms. The van der Waals surface area contributed by atoms with E-state index >= 15 is 0 Å². The van der Waals surface area contributed by atoms with E-state index in [1.54, 1.807) is 13.8 Å². The van der Waals surface area contributed by atoms with Crippen molar-refractivity contribution in [1.82, 2.24) is 10.2 Å². The largest absolute Gasteiger partial charge is 0.355 e. The van der Waals surface area contributed by atoms with Crippen molar-refractivity contribution in [3.05, 3.63) is 29.3 Å². The van der Waals surface area contributed by atoms with Gasteiger partial charge < -0.3 is 10.2 Å². The second kappa shape index (κ2) is 8.14. The molecule has 1 aromatic rings. The fourth-order valence-corrected chi connectivity index (χ4v) is 3.13. The van der Waals surface area contributed by atoms with Crippen molar-refractivity contribution in [3.8, 4) is 0 Å². The van der Waals surface area contributed by atoms with Crippen LogP contribution in [0.5, 0.6) is 0 Å². The van der Waals surface area contributed by atoms with Crippen LogP contribution in [0, 0.1) is 0 Å². The van der Waals surface area contributed by atoms with Gasteiger partial charge in [0.2, 0.25) is 11.8 Å². The van der Waals surface area contributed by atoms with Gasteiger partial charge in [0, 0.05) is 18.1 Å². The number of sulfone groups is 1. The zero-order chi connectivity index (χ0) is 16.8. The zero-order valence-electron chi connectivity index (χ0n) is 12.5. The minimum atomic E-state index is -3.76. The topological polar surface area (TPSA) is 83.6 Å². The van der Waals surface area contributed by atoms with E-state index in [0.29, 0.717) is 11.6 Å². The van der Waals surface area contributed by atoms with E-state index in [1.807, 2.05) is 0 Å². The van der Waals surface area contributed by atoms with E-state index in [0.717, 1.165) is 0 Å². The molecule has 1 aromatic carbocycles. The predicted octanol–water partition coefficient (Wildman–Crippen LogP) is 1.10. The Morgan fingerprint density at radius 3 is 2.27 bits per heavy atom. The molecule has 0 aliphatic heterocycles. The quantitative estimate of drug-likeness (QED) is 0.801. The van der Waals surface area contributed by atoms with Crippen LogP contribution in [0.25, 0.3) is 0 Å². The number of carbonyl (C=O) groups excluding carboxylic acids is 2. The fraction of sp³-hybridized carbons (Fsp3) is 0.429. The molecule has 0 saturated heterocycles. The third-order valence-electron chi connectivity index (χ3n) is 2.93. The fourth-order valence-electron chi connectivity index (χ4n) is 1.78. The molecule has 0 saturated carbocycles. The first-order chi connectivity index (χ1) is 10.3. The molecule has 0 heterocycles. The van der Waals surface area contributed by atoms with Crippen molar-refractivity contribution < 1.29 is 18.0 Å². The highest BCUT2D eigenvalue weighted by molar-refractivity contribution is 7.92. The number of rotatable bonds is 7. The molecule has 6 nitrogen and oxygen atoms in total. The van der Waals surface area contributed by atoms with Crippen molar-refractivity contribution in [2.75, 3.05) is 25.4 Å². The van der Waals surface area contributed by atoms with E-state index in [9.17, 15) is 18.0 Å². The molecule has 0 aromatic heterocycles. The Balaban J connectivity index is 2.80. The maximum Gasteiger partial charge on any atom is 0.239 e. The molecule has 8 heteroatoms. The van der Waals surface area contributed by atoms with E-state index in [-0.39, 0.29) is 23.9 Å². The highest BCUT2D eigenvalue weighted by Gasteiger charge is 2.24. The standard InChI is InChI=1S/C14H19ClN2O4S/c1-3-16-13(18)9-17(4-2)14(19)10-22(20,21)12-7-5-11(15)6-8-12/h5-8H,3-4,9-10H2,1-2H3,(H,16,18). The second-order valence-corrected chi connectivity index (χ2v) is 7.00. The summed E-state index contributed by atoms with van der Waals surface area (Å²) >= 11 is 5.71. The number of nitrogens with one attached hydrogen (secondary N) is 1. The van der Waals surface area contributed by atoms with E-state index in [2.05, 4.69) is 5.32 Å². The number of halogens is 1.